The molecule has 0 unspecified atom stereocenters. The highest BCUT2D eigenvalue weighted by Gasteiger charge is 2.53. The second-order valence-electron chi connectivity index (χ2n) is 8.59. The van der Waals surface area contributed by atoms with Gasteiger partial charge in [-0.25, -0.2) is 0 Å². The zero-order valence-electron chi connectivity index (χ0n) is 15.1. The second-order valence-corrected chi connectivity index (χ2v) is 8.59. The van der Waals surface area contributed by atoms with Crippen molar-refractivity contribution in [1.82, 2.24) is 0 Å². The van der Waals surface area contributed by atoms with Crippen LogP contribution in [-0.2, 0) is 9.59 Å². The van der Waals surface area contributed by atoms with E-state index in [1.807, 2.05) is 0 Å². The molecule has 0 heterocycles. The van der Waals surface area contributed by atoms with Gasteiger partial charge in [0.05, 0.1) is 0 Å². The maximum Gasteiger partial charge on any atom is 0.303 e. The second kappa shape index (κ2) is 6.78. The van der Waals surface area contributed by atoms with Gasteiger partial charge in [0.15, 0.2) is 0 Å². The summed E-state index contributed by atoms with van der Waals surface area (Å²) in [5.41, 5.74) is -0.0103. The van der Waals surface area contributed by atoms with E-state index < -0.39 is 5.97 Å². The summed E-state index contributed by atoms with van der Waals surface area (Å²) in [6, 6.07) is 0. The van der Waals surface area contributed by atoms with Crippen LogP contribution in [-0.4, -0.2) is 16.9 Å². The Hall–Kier alpha value is -1.12. The molecular weight excluding hydrogens is 288 g/mol. The third-order valence-corrected chi connectivity index (χ3v) is 6.69. The van der Waals surface area contributed by atoms with Crippen LogP contribution < -0.4 is 0 Å². The summed E-state index contributed by atoms with van der Waals surface area (Å²) < 4.78 is 0. The SMILES string of the molecule is C[C@@H](CCC(=O)O)CC[C@H]1C=CC[C@H]2C(C)(C)C(=O)CC[C@]12C. The number of Topliss-reactive ketones (excluding diaryl/α,β-unsaturated/α-hetero) is 1. The molecule has 0 aromatic rings. The average Bonchev–Trinajstić information content (AvgIpc) is 2.48. The molecule has 0 spiro atoms. The largest absolute Gasteiger partial charge is 0.481 e. The van der Waals surface area contributed by atoms with Gasteiger partial charge in [0.25, 0.3) is 0 Å². The molecule has 3 heteroatoms. The Balaban J connectivity index is 2.03. The molecule has 130 valence electrons. The van der Waals surface area contributed by atoms with Gasteiger partial charge in [-0.05, 0) is 48.9 Å². The molecule has 0 amide bonds. The van der Waals surface area contributed by atoms with Crippen LogP contribution in [0.5, 0.6) is 0 Å². The molecule has 1 fully saturated rings. The number of carbonyl (C=O) groups excluding carboxylic acids is 1. The molecule has 3 nitrogen and oxygen atoms in total. The van der Waals surface area contributed by atoms with E-state index in [4.69, 9.17) is 5.11 Å². The molecule has 23 heavy (non-hydrogen) atoms. The summed E-state index contributed by atoms with van der Waals surface area (Å²) >= 11 is 0. The van der Waals surface area contributed by atoms with Crippen LogP contribution >= 0.6 is 0 Å². The minimum atomic E-state index is -0.700. The molecule has 0 aliphatic heterocycles. The predicted molar refractivity (Wildman–Crippen MR) is 92.1 cm³/mol. The number of carbonyl (C=O) groups is 2. The molecule has 4 atom stereocenters. The van der Waals surface area contributed by atoms with E-state index in [1.165, 1.54) is 0 Å². The highest BCUT2D eigenvalue weighted by molar-refractivity contribution is 5.85. The first-order valence-corrected chi connectivity index (χ1v) is 9.09. The van der Waals surface area contributed by atoms with Crippen molar-refractivity contribution < 1.29 is 14.7 Å². The lowest BCUT2D eigenvalue weighted by Crippen LogP contribution is -2.51. The zero-order valence-corrected chi connectivity index (χ0v) is 15.1. The first-order valence-electron chi connectivity index (χ1n) is 9.09. The first-order chi connectivity index (χ1) is 10.7. The van der Waals surface area contributed by atoms with E-state index in [1.54, 1.807) is 0 Å². The normalized spacial score (nSPS) is 34.0. The number of rotatable bonds is 6. The minimum absolute atomic E-state index is 0.207. The topological polar surface area (TPSA) is 54.4 Å². The summed E-state index contributed by atoms with van der Waals surface area (Å²) in [4.78, 5) is 23.1. The monoisotopic (exact) mass is 320 g/mol. The van der Waals surface area contributed by atoms with Gasteiger partial charge >= 0.3 is 5.97 Å². The van der Waals surface area contributed by atoms with Gasteiger partial charge in [-0.2, -0.15) is 0 Å². The van der Waals surface area contributed by atoms with E-state index in [0.717, 1.165) is 32.1 Å². The van der Waals surface area contributed by atoms with Gasteiger partial charge in [-0.1, -0.05) is 46.3 Å². The minimum Gasteiger partial charge on any atom is -0.481 e. The van der Waals surface area contributed by atoms with Gasteiger partial charge in [0.2, 0.25) is 0 Å². The third-order valence-electron chi connectivity index (χ3n) is 6.69. The van der Waals surface area contributed by atoms with Crippen molar-refractivity contribution in [2.75, 3.05) is 0 Å². The number of hydrogen-bond donors (Lipinski definition) is 1. The molecule has 1 N–H and O–H groups in total. The summed E-state index contributed by atoms with van der Waals surface area (Å²) in [5, 5.41) is 8.81. The van der Waals surface area contributed by atoms with Gasteiger partial charge in [0.1, 0.15) is 5.78 Å². The molecule has 2 aliphatic rings. The van der Waals surface area contributed by atoms with Crippen LogP contribution in [0.2, 0.25) is 0 Å². The number of aliphatic carboxylic acids is 1. The Labute approximate surface area is 140 Å². The summed E-state index contributed by atoms with van der Waals surface area (Å²) in [6.45, 7) is 8.79. The lowest BCUT2D eigenvalue weighted by molar-refractivity contribution is -0.142. The average molecular weight is 320 g/mol. The number of carboxylic acids is 1. The Morgan fingerprint density at radius 2 is 2.04 bits per heavy atom. The number of allylic oxidation sites excluding steroid dienone is 2. The van der Waals surface area contributed by atoms with Crippen molar-refractivity contribution in [3.8, 4) is 0 Å². The fourth-order valence-corrected chi connectivity index (χ4v) is 4.91. The number of ketones is 1. The Morgan fingerprint density at radius 3 is 2.70 bits per heavy atom. The quantitative estimate of drug-likeness (QED) is 0.711. The zero-order chi connectivity index (χ0) is 17.3. The maximum absolute atomic E-state index is 12.4. The molecule has 0 aromatic carbocycles. The first kappa shape index (κ1) is 18.2. The smallest absolute Gasteiger partial charge is 0.303 e. The fraction of sp³-hybridized carbons (Fsp3) is 0.800. The van der Waals surface area contributed by atoms with Crippen LogP contribution in [0.3, 0.4) is 0 Å². The van der Waals surface area contributed by atoms with E-state index >= 15 is 0 Å². The Morgan fingerprint density at radius 1 is 1.35 bits per heavy atom. The van der Waals surface area contributed by atoms with Crippen LogP contribution in [0.4, 0.5) is 0 Å². The van der Waals surface area contributed by atoms with E-state index in [9.17, 15) is 9.59 Å². The summed E-state index contributed by atoms with van der Waals surface area (Å²) in [5.74, 6) is 1.11. The van der Waals surface area contributed by atoms with Crippen molar-refractivity contribution in [3.63, 3.8) is 0 Å². The van der Waals surface area contributed by atoms with E-state index in [2.05, 4.69) is 39.8 Å². The highest BCUT2D eigenvalue weighted by atomic mass is 16.4. The van der Waals surface area contributed by atoms with Crippen LogP contribution in [0, 0.1) is 28.6 Å². The van der Waals surface area contributed by atoms with Crippen molar-refractivity contribution in [2.45, 2.75) is 72.6 Å². The lowest BCUT2D eigenvalue weighted by Gasteiger charge is -2.54. The highest BCUT2D eigenvalue weighted by Crippen LogP contribution is 2.57. The standard InChI is InChI=1S/C20H32O3/c1-14(9-11-18(22)23)8-10-15-6-5-7-16-19(2,3)17(21)12-13-20(15,16)4/h5-6,14-16H,7-13H2,1-4H3,(H,22,23)/t14-,15-,16+,20-/m1/s1. The van der Waals surface area contributed by atoms with E-state index in [-0.39, 0.29) is 17.3 Å². The third kappa shape index (κ3) is 3.70. The van der Waals surface area contributed by atoms with Crippen LogP contribution in [0.15, 0.2) is 12.2 Å². The molecule has 0 radical (unpaired) electrons. The van der Waals surface area contributed by atoms with Crippen LogP contribution in [0.25, 0.3) is 0 Å². The molecule has 0 aromatic heterocycles. The molecule has 1 saturated carbocycles. The van der Waals surface area contributed by atoms with Gasteiger partial charge in [0, 0.05) is 18.3 Å². The Kier molecular flexibility index (Phi) is 5.37. The lowest BCUT2D eigenvalue weighted by atomic mass is 9.49. The summed E-state index contributed by atoms with van der Waals surface area (Å²) in [7, 11) is 0. The molecular formula is C20H32O3. The van der Waals surface area contributed by atoms with Crippen molar-refractivity contribution in [3.05, 3.63) is 12.2 Å². The number of hydrogen-bond acceptors (Lipinski definition) is 2. The number of carboxylic acid groups (broad SMARTS) is 1. The van der Waals surface area contributed by atoms with Crippen molar-refractivity contribution in [2.24, 2.45) is 28.6 Å². The predicted octanol–water partition coefficient (Wildman–Crippen LogP) is 4.86. The molecule has 0 saturated heterocycles. The van der Waals surface area contributed by atoms with Gasteiger partial charge in [-0.3, -0.25) is 9.59 Å². The van der Waals surface area contributed by atoms with Crippen molar-refractivity contribution >= 4 is 11.8 Å². The fourth-order valence-electron chi connectivity index (χ4n) is 4.91. The number of fused-ring (bicyclic) bond motifs is 1. The van der Waals surface area contributed by atoms with Crippen molar-refractivity contribution in [1.29, 1.82) is 0 Å². The maximum atomic E-state index is 12.4. The Bertz CT molecular complexity index is 491. The van der Waals surface area contributed by atoms with Crippen LogP contribution in [0.1, 0.15) is 72.6 Å². The summed E-state index contributed by atoms with van der Waals surface area (Å²) in [6.07, 6.45) is 10.6. The molecule has 2 rings (SSSR count). The van der Waals surface area contributed by atoms with Gasteiger partial charge in [-0.15, -0.1) is 0 Å². The molecule has 2 aliphatic carbocycles. The van der Waals surface area contributed by atoms with E-state index in [0.29, 0.717) is 30.0 Å². The molecule has 0 bridgehead atoms. The van der Waals surface area contributed by atoms with Gasteiger partial charge < -0.3 is 5.11 Å².